The van der Waals surface area contributed by atoms with Crippen molar-refractivity contribution in [2.75, 3.05) is 19.6 Å². The summed E-state index contributed by atoms with van der Waals surface area (Å²) in [5.74, 6) is 0.813. The summed E-state index contributed by atoms with van der Waals surface area (Å²) in [5, 5.41) is 4.47. The largest absolute Gasteiger partial charge is 0.343 e. The van der Waals surface area contributed by atoms with Gasteiger partial charge in [-0.05, 0) is 67.0 Å². The van der Waals surface area contributed by atoms with E-state index in [1.165, 1.54) is 11.1 Å². The van der Waals surface area contributed by atoms with Crippen LogP contribution in [0.4, 0.5) is 0 Å². The van der Waals surface area contributed by atoms with Gasteiger partial charge in [0.15, 0.2) is 0 Å². The first-order chi connectivity index (χ1) is 16.2. The van der Waals surface area contributed by atoms with E-state index in [2.05, 4.69) is 52.8 Å². The molecule has 1 aromatic heterocycles. The Morgan fingerprint density at radius 1 is 1.09 bits per heavy atom. The highest BCUT2D eigenvalue weighted by atomic mass is 16.2. The van der Waals surface area contributed by atoms with Gasteiger partial charge in [0.25, 0.3) is 0 Å². The molecule has 0 aliphatic carbocycles. The normalized spacial score (nSPS) is 14.5. The predicted molar refractivity (Wildman–Crippen MR) is 134 cm³/mol. The van der Waals surface area contributed by atoms with Gasteiger partial charge in [0.05, 0.1) is 11.9 Å². The Hall–Kier alpha value is -3.47. The minimum atomic E-state index is 0.270. The number of aryl methyl sites for hydroxylation is 2. The number of nitrogens with zero attached hydrogens (tertiary/aromatic N) is 3. The lowest BCUT2D eigenvalue weighted by Crippen LogP contribution is -2.40. The molecule has 0 saturated carbocycles. The van der Waals surface area contributed by atoms with Gasteiger partial charge in [-0.15, -0.1) is 0 Å². The van der Waals surface area contributed by atoms with Crippen LogP contribution in [0.5, 0.6) is 0 Å². The van der Waals surface area contributed by atoms with Crippen LogP contribution in [0.3, 0.4) is 0 Å². The molecule has 1 amide bonds. The third-order valence-corrected chi connectivity index (χ3v) is 6.35. The number of aromatic nitrogens is 1. The van der Waals surface area contributed by atoms with Gasteiger partial charge in [-0.1, -0.05) is 48.5 Å². The molecule has 1 saturated heterocycles. The number of nitrogens with one attached hydrogen (secondary N) is 1. The molecule has 33 heavy (non-hydrogen) atoms. The fourth-order valence-corrected chi connectivity index (χ4v) is 4.21. The minimum Gasteiger partial charge on any atom is -0.343 e. The van der Waals surface area contributed by atoms with Crippen LogP contribution in [-0.4, -0.2) is 41.6 Å². The van der Waals surface area contributed by atoms with Crippen LogP contribution in [0.1, 0.15) is 36.0 Å². The number of benzene rings is 2. The van der Waals surface area contributed by atoms with Gasteiger partial charge in [-0.2, -0.15) is 5.10 Å². The molecule has 170 valence electrons. The molecule has 1 N–H and O–H groups in total. The molecule has 0 spiro atoms. The molecule has 5 heteroatoms. The Morgan fingerprint density at radius 2 is 1.88 bits per heavy atom. The lowest BCUT2D eigenvalue weighted by Gasteiger charge is -2.32. The van der Waals surface area contributed by atoms with Gasteiger partial charge in [0.2, 0.25) is 5.91 Å². The quantitative estimate of drug-likeness (QED) is 0.402. The van der Waals surface area contributed by atoms with Crippen molar-refractivity contribution in [3.05, 3.63) is 89.6 Å². The smallest absolute Gasteiger partial charge is 0.222 e. The minimum absolute atomic E-state index is 0.270. The summed E-state index contributed by atoms with van der Waals surface area (Å²) < 4.78 is 0. The fourth-order valence-electron chi connectivity index (χ4n) is 4.21. The van der Waals surface area contributed by atoms with Crippen LogP contribution in [0.15, 0.2) is 78.0 Å². The third-order valence-electron chi connectivity index (χ3n) is 6.35. The lowest BCUT2D eigenvalue weighted by molar-refractivity contribution is -0.132. The number of hydrogen-bond donors (Lipinski definition) is 1. The first-order valence-electron chi connectivity index (χ1n) is 11.8. The topological polar surface area (TPSA) is 57.6 Å². The van der Waals surface area contributed by atoms with Crippen molar-refractivity contribution in [3.8, 4) is 11.3 Å². The first kappa shape index (κ1) is 22.7. The van der Waals surface area contributed by atoms with Crippen molar-refractivity contribution >= 4 is 12.1 Å². The molecule has 0 bridgehead atoms. The van der Waals surface area contributed by atoms with E-state index in [1.54, 1.807) is 0 Å². The number of rotatable bonds is 8. The summed E-state index contributed by atoms with van der Waals surface area (Å²) in [6.45, 7) is 4.61. The summed E-state index contributed by atoms with van der Waals surface area (Å²) in [5.41, 5.74) is 8.78. The Bertz CT molecular complexity index is 1060. The molecule has 2 aromatic carbocycles. The van der Waals surface area contributed by atoms with Crippen molar-refractivity contribution in [2.45, 2.75) is 32.6 Å². The van der Waals surface area contributed by atoms with Crippen molar-refractivity contribution in [1.82, 2.24) is 15.3 Å². The number of hydrazone groups is 1. The standard InChI is InChI=1S/C28H32N4O/c1-22-10-12-25(27-9-5-6-16-29-27)19-26(22)21-31-30-20-24-14-17-32(18-15-24)28(33)13-11-23-7-3-2-4-8-23/h2-10,12,16,19,21,24,30H,11,13-15,17-18,20H2,1H3/b31-21-. The number of amides is 1. The Kier molecular flexibility index (Phi) is 7.85. The van der Waals surface area contributed by atoms with Gasteiger partial charge in [-0.25, -0.2) is 0 Å². The van der Waals surface area contributed by atoms with E-state index in [1.807, 2.05) is 53.7 Å². The SMILES string of the molecule is Cc1ccc(-c2ccccn2)cc1/C=N\NCC1CCN(C(=O)CCc2ccccc2)CC1. The molecule has 4 rings (SSSR count). The van der Waals surface area contributed by atoms with E-state index >= 15 is 0 Å². The molecular weight excluding hydrogens is 408 g/mol. The maximum absolute atomic E-state index is 12.5. The molecule has 1 fully saturated rings. The Labute approximate surface area is 196 Å². The second-order valence-electron chi connectivity index (χ2n) is 8.72. The lowest BCUT2D eigenvalue weighted by atomic mass is 9.96. The molecule has 2 heterocycles. The highest BCUT2D eigenvalue weighted by molar-refractivity contribution is 5.84. The van der Waals surface area contributed by atoms with Gasteiger partial charge in [0.1, 0.15) is 0 Å². The molecule has 5 nitrogen and oxygen atoms in total. The van der Waals surface area contributed by atoms with Gasteiger partial charge in [-0.3, -0.25) is 9.78 Å². The molecule has 0 unspecified atom stereocenters. The number of piperidine rings is 1. The number of carbonyl (C=O) groups excluding carboxylic acids is 1. The van der Waals surface area contributed by atoms with Gasteiger partial charge >= 0.3 is 0 Å². The molecule has 3 aromatic rings. The van der Waals surface area contributed by atoms with E-state index in [9.17, 15) is 4.79 Å². The third kappa shape index (κ3) is 6.51. The Balaban J connectivity index is 1.21. The summed E-state index contributed by atoms with van der Waals surface area (Å²) in [4.78, 5) is 19.0. The van der Waals surface area contributed by atoms with E-state index < -0.39 is 0 Å². The zero-order chi connectivity index (χ0) is 22.9. The van der Waals surface area contributed by atoms with E-state index in [4.69, 9.17) is 0 Å². The highest BCUT2D eigenvalue weighted by Gasteiger charge is 2.22. The average Bonchev–Trinajstić information content (AvgIpc) is 2.87. The second-order valence-corrected chi connectivity index (χ2v) is 8.72. The first-order valence-corrected chi connectivity index (χ1v) is 11.8. The molecule has 0 atom stereocenters. The summed E-state index contributed by atoms with van der Waals surface area (Å²) >= 11 is 0. The maximum atomic E-state index is 12.5. The van der Waals surface area contributed by atoms with E-state index in [0.717, 1.165) is 55.7 Å². The van der Waals surface area contributed by atoms with E-state index in [-0.39, 0.29) is 5.91 Å². The van der Waals surface area contributed by atoms with Gasteiger partial charge in [0, 0.05) is 37.8 Å². The van der Waals surface area contributed by atoms with Crippen LogP contribution in [0, 0.1) is 12.8 Å². The van der Waals surface area contributed by atoms with Gasteiger partial charge < -0.3 is 10.3 Å². The molecule has 0 radical (unpaired) electrons. The summed E-state index contributed by atoms with van der Waals surface area (Å²) in [6.07, 6.45) is 7.16. The zero-order valence-electron chi connectivity index (χ0n) is 19.3. The van der Waals surface area contributed by atoms with Crippen LogP contribution < -0.4 is 5.43 Å². The summed E-state index contributed by atoms with van der Waals surface area (Å²) in [7, 11) is 0. The molecule has 1 aliphatic rings. The predicted octanol–water partition coefficient (Wildman–Crippen LogP) is 4.85. The van der Waals surface area contributed by atoms with Crippen molar-refractivity contribution in [3.63, 3.8) is 0 Å². The van der Waals surface area contributed by atoms with E-state index in [0.29, 0.717) is 12.3 Å². The maximum Gasteiger partial charge on any atom is 0.222 e. The van der Waals surface area contributed by atoms with Crippen molar-refractivity contribution in [1.29, 1.82) is 0 Å². The number of hydrogen-bond acceptors (Lipinski definition) is 4. The Morgan fingerprint density at radius 3 is 2.64 bits per heavy atom. The van der Waals surface area contributed by atoms with Crippen LogP contribution in [0.25, 0.3) is 11.3 Å². The average molecular weight is 441 g/mol. The monoisotopic (exact) mass is 440 g/mol. The van der Waals surface area contributed by atoms with Crippen LogP contribution in [-0.2, 0) is 11.2 Å². The number of likely N-dealkylation sites (tertiary alicyclic amines) is 1. The second kappa shape index (κ2) is 11.4. The van der Waals surface area contributed by atoms with Crippen LogP contribution in [0.2, 0.25) is 0 Å². The number of carbonyl (C=O) groups is 1. The highest BCUT2D eigenvalue weighted by Crippen LogP contribution is 2.20. The van der Waals surface area contributed by atoms with Crippen LogP contribution >= 0.6 is 0 Å². The molecule has 1 aliphatic heterocycles. The van der Waals surface area contributed by atoms with Crippen molar-refractivity contribution < 1.29 is 4.79 Å². The fraction of sp³-hybridized carbons (Fsp3) is 0.321. The van der Waals surface area contributed by atoms with Crippen molar-refractivity contribution in [2.24, 2.45) is 11.0 Å². The summed E-state index contributed by atoms with van der Waals surface area (Å²) in [6, 6.07) is 22.5. The number of pyridine rings is 1. The molecular formula is C28H32N4O. The zero-order valence-corrected chi connectivity index (χ0v) is 19.3.